The van der Waals surface area contributed by atoms with Crippen molar-refractivity contribution in [1.82, 2.24) is 15.1 Å². The lowest BCUT2D eigenvalue weighted by Gasteiger charge is -2.45. The average Bonchev–Trinajstić information content (AvgIpc) is 2.34. The van der Waals surface area contributed by atoms with Crippen molar-refractivity contribution in [1.29, 1.82) is 0 Å². The second-order valence-corrected chi connectivity index (χ2v) is 6.90. The predicted octanol–water partition coefficient (Wildman–Crippen LogP) is 2.43. The summed E-state index contributed by atoms with van der Waals surface area (Å²) in [7, 11) is 2.26. The van der Waals surface area contributed by atoms with Crippen molar-refractivity contribution in [3.8, 4) is 0 Å². The summed E-state index contributed by atoms with van der Waals surface area (Å²) in [6.07, 6.45) is 2.59. The smallest absolute Gasteiger partial charge is 0.0195 e. The number of rotatable bonds is 7. The molecule has 0 radical (unpaired) electrons. The highest BCUT2D eigenvalue weighted by molar-refractivity contribution is 4.87. The summed E-state index contributed by atoms with van der Waals surface area (Å²) < 4.78 is 0. The molecule has 3 nitrogen and oxygen atoms in total. The molecule has 0 aromatic carbocycles. The molecule has 1 N–H and O–H groups in total. The van der Waals surface area contributed by atoms with Crippen molar-refractivity contribution >= 4 is 0 Å². The van der Waals surface area contributed by atoms with Gasteiger partial charge in [-0.2, -0.15) is 0 Å². The topological polar surface area (TPSA) is 18.5 Å². The summed E-state index contributed by atoms with van der Waals surface area (Å²) >= 11 is 0. The van der Waals surface area contributed by atoms with E-state index in [-0.39, 0.29) is 0 Å². The van der Waals surface area contributed by atoms with Gasteiger partial charge < -0.3 is 5.32 Å². The Morgan fingerprint density at radius 1 is 1.16 bits per heavy atom. The summed E-state index contributed by atoms with van der Waals surface area (Å²) in [6, 6.07) is 1.35. The number of hydrogen-bond donors (Lipinski definition) is 1. The molecule has 1 saturated heterocycles. The van der Waals surface area contributed by atoms with E-state index >= 15 is 0 Å². The van der Waals surface area contributed by atoms with Gasteiger partial charge in [0.15, 0.2) is 0 Å². The Morgan fingerprint density at radius 2 is 1.74 bits per heavy atom. The van der Waals surface area contributed by atoms with Gasteiger partial charge in [0, 0.05) is 38.3 Å². The fraction of sp³-hybridized carbons (Fsp3) is 1.00. The van der Waals surface area contributed by atoms with Crippen LogP contribution < -0.4 is 5.32 Å². The van der Waals surface area contributed by atoms with E-state index in [2.05, 4.69) is 56.8 Å². The average molecular weight is 269 g/mol. The van der Waals surface area contributed by atoms with E-state index in [1.54, 1.807) is 0 Å². The van der Waals surface area contributed by atoms with Crippen LogP contribution in [0.1, 0.15) is 47.5 Å². The first-order valence-electron chi connectivity index (χ1n) is 8.07. The van der Waals surface area contributed by atoms with E-state index in [1.807, 2.05) is 0 Å². The highest BCUT2D eigenvalue weighted by atomic mass is 15.3. The highest BCUT2D eigenvalue weighted by Crippen LogP contribution is 2.26. The van der Waals surface area contributed by atoms with E-state index in [1.165, 1.54) is 32.5 Å². The van der Waals surface area contributed by atoms with Crippen molar-refractivity contribution < 1.29 is 0 Å². The molecule has 1 heterocycles. The minimum absolute atomic E-state index is 0.417. The molecule has 19 heavy (non-hydrogen) atoms. The molecule has 0 aliphatic carbocycles. The standard InChI is InChI=1S/C16H35N3/c1-7-9-16(5,12-17-8-2)13-19-10-14(3)18(6)15(4)11-19/h14-15,17H,7-13H2,1-6H3. The molecule has 0 aromatic rings. The molecule has 0 spiro atoms. The lowest BCUT2D eigenvalue weighted by Crippen LogP contribution is -2.57. The van der Waals surface area contributed by atoms with Gasteiger partial charge >= 0.3 is 0 Å². The number of piperazine rings is 1. The zero-order valence-corrected chi connectivity index (χ0v) is 14.0. The second-order valence-electron chi connectivity index (χ2n) is 6.90. The Hall–Kier alpha value is -0.120. The van der Waals surface area contributed by atoms with Gasteiger partial charge in [0.25, 0.3) is 0 Å². The Bertz CT molecular complexity index is 244. The first-order chi connectivity index (χ1) is 8.91. The third-order valence-corrected chi connectivity index (χ3v) is 4.70. The van der Waals surface area contributed by atoms with Gasteiger partial charge in [-0.1, -0.05) is 27.2 Å². The van der Waals surface area contributed by atoms with Crippen LogP contribution in [-0.4, -0.2) is 61.7 Å². The summed E-state index contributed by atoms with van der Waals surface area (Å²) in [5.74, 6) is 0. The maximum atomic E-state index is 3.56. The number of nitrogens with zero attached hydrogens (tertiary/aromatic N) is 2. The third-order valence-electron chi connectivity index (χ3n) is 4.70. The fourth-order valence-electron chi connectivity index (χ4n) is 3.44. The van der Waals surface area contributed by atoms with Crippen molar-refractivity contribution in [3.63, 3.8) is 0 Å². The third kappa shape index (κ3) is 5.05. The molecule has 1 aliphatic rings. The van der Waals surface area contributed by atoms with Gasteiger partial charge in [0.2, 0.25) is 0 Å². The van der Waals surface area contributed by atoms with Crippen LogP contribution in [0.25, 0.3) is 0 Å². The van der Waals surface area contributed by atoms with Crippen molar-refractivity contribution in [2.45, 2.75) is 59.5 Å². The second kappa shape index (κ2) is 7.61. The molecule has 3 atom stereocenters. The van der Waals surface area contributed by atoms with Gasteiger partial charge in [-0.05, 0) is 39.3 Å². The summed E-state index contributed by atoms with van der Waals surface area (Å²) in [6.45, 7) is 17.5. The quantitative estimate of drug-likeness (QED) is 0.766. The van der Waals surface area contributed by atoms with Crippen LogP contribution in [0.15, 0.2) is 0 Å². The Balaban J connectivity index is 2.58. The molecule has 3 heteroatoms. The Morgan fingerprint density at radius 3 is 2.21 bits per heavy atom. The summed E-state index contributed by atoms with van der Waals surface area (Å²) in [5, 5.41) is 3.56. The van der Waals surface area contributed by atoms with E-state index < -0.39 is 0 Å². The molecule has 0 amide bonds. The molecule has 3 unspecified atom stereocenters. The lowest BCUT2D eigenvalue weighted by molar-refractivity contribution is 0.0326. The molecular formula is C16H35N3. The van der Waals surface area contributed by atoms with Crippen LogP contribution in [0, 0.1) is 5.41 Å². The van der Waals surface area contributed by atoms with Gasteiger partial charge in [-0.3, -0.25) is 9.80 Å². The normalized spacial score (nSPS) is 29.4. The molecule has 114 valence electrons. The highest BCUT2D eigenvalue weighted by Gasteiger charge is 2.31. The predicted molar refractivity (Wildman–Crippen MR) is 84.7 cm³/mol. The van der Waals surface area contributed by atoms with Crippen LogP contribution in [0.5, 0.6) is 0 Å². The van der Waals surface area contributed by atoms with Crippen molar-refractivity contribution in [2.75, 3.05) is 39.8 Å². The monoisotopic (exact) mass is 269 g/mol. The van der Waals surface area contributed by atoms with Gasteiger partial charge in [0.05, 0.1) is 0 Å². The van der Waals surface area contributed by atoms with Crippen LogP contribution >= 0.6 is 0 Å². The molecule has 1 fully saturated rings. The Labute approximate surface area is 120 Å². The zero-order valence-electron chi connectivity index (χ0n) is 14.0. The first kappa shape index (κ1) is 16.9. The molecular weight excluding hydrogens is 234 g/mol. The first-order valence-corrected chi connectivity index (χ1v) is 8.07. The van der Waals surface area contributed by atoms with Crippen LogP contribution in [-0.2, 0) is 0 Å². The summed E-state index contributed by atoms with van der Waals surface area (Å²) in [5.41, 5.74) is 0.417. The van der Waals surface area contributed by atoms with E-state index in [0.29, 0.717) is 17.5 Å². The van der Waals surface area contributed by atoms with Crippen LogP contribution in [0.4, 0.5) is 0 Å². The SMILES string of the molecule is CCCC(C)(CNCC)CN1CC(C)N(C)C(C)C1. The fourth-order valence-corrected chi connectivity index (χ4v) is 3.44. The minimum atomic E-state index is 0.417. The summed E-state index contributed by atoms with van der Waals surface area (Å²) in [4.78, 5) is 5.19. The maximum Gasteiger partial charge on any atom is 0.0195 e. The van der Waals surface area contributed by atoms with E-state index in [9.17, 15) is 0 Å². The van der Waals surface area contributed by atoms with Crippen LogP contribution in [0.3, 0.4) is 0 Å². The molecule has 0 bridgehead atoms. The van der Waals surface area contributed by atoms with Crippen molar-refractivity contribution in [2.24, 2.45) is 5.41 Å². The molecule has 1 rings (SSSR count). The number of hydrogen-bond acceptors (Lipinski definition) is 3. The molecule has 1 aliphatic heterocycles. The largest absolute Gasteiger partial charge is 0.316 e. The zero-order chi connectivity index (χ0) is 14.5. The van der Waals surface area contributed by atoms with Gasteiger partial charge in [-0.15, -0.1) is 0 Å². The Kier molecular flexibility index (Phi) is 6.78. The lowest BCUT2D eigenvalue weighted by atomic mass is 9.84. The molecule has 0 saturated carbocycles. The van der Waals surface area contributed by atoms with Gasteiger partial charge in [0.1, 0.15) is 0 Å². The molecule has 0 aromatic heterocycles. The number of nitrogens with one attached hydrogen (secondary N) is 1. The van der Waals surface area contributed by atoms with E-state index in [0.717, 1.165) is 13.1 Å². The van der Waals surface area contributed by atoms with Crippen LogP contribution in [0.2, 0.25) is 0 Å². The number of likely N-dealkylation sites (N-methyl/N-ethyl adjacent to an activating group) is 1. The van der Waals surface area contributed by atoms with Gasteiger partial charge in [-0.25, -0.2) is 0 Å². The minimum Gasteiger partial charge on any atom is -0.316 e. The van der Waals surface area contributed by atoms with E-state index in [4.69, 9.17) is 0 Å². The maximum absolute atomic E-state index is 3.56. The van der Waals surface area contributed by atoms with Crippen molar-refractivity contribution in [3.05, 3.63) is 0 Å².